The van der Waals surface area contributed by atoms with Crippen molar-refractivity contribution in [2.24, 2.45) is 0 Å². The molecule has 156 valence electrons. The number of nitrogens with zero attached hydrogens (tertiary/aromatic N) is 1. The van der Waals surface area contributed by atoms with E-state index in [4.69, 9.17) is 0 Å². The standard InChI is InChI=1S/C25H28N2O2S/c1-4-27(5-2)20-14-17-8-9-18(13-19(17)15-20)23-16(3)21-10-12-30-24(21)25(29)26-11-6-7-22(23)28/h6-10,12-13,20,28H,3-5,11,14-15H2,1-2H3,(H,26,29)/b7-6-,23-22-. The minimum absolute atomic E-state index is 0.109. The molecule has 2 N–H and O–H groups in total. The maximum Gasteiger partial charge on any atom is 0.262 e. The number of amides is 1. The van der Waals surface area contributed by atoms with Crippen molar-refractivity contribution >= 4 is 28.4 Å². The van der Waals surface area contributed by atoms with Crippen LogP contribution in [0.4, 0.5) is 0 Å². The Bertz CT molecular complexity index is 1040. The van der Waals surface area contributed by atoms with Gasteiger partial charge in [0.15, 0.2) is 0 Å². The average molecular weight is 421 g/mol. The summed E-state index contributed by atoms with van der Waals surface area (Å²) in [4.78, 5) is 15.6. The molecule has 0 spiro atoms. The van der Waals surface area contributed by atoms with Crippen LogP contribution in [0.5, 0.6) is 0 Å². The van der Waals surface area contributed by atoms with Crippen LogP contribution in [0.15, 0.2) is 54.1 Å². The normalized spacial score (nSPS) is 22.6. The Morgan fingerprint density at radius 2 is 1.97 bits per heavy atom. The molecule has 4 rings (SSSR count). The van der Waals surface area contributed by atoms with E-state index in [0.717, 1.165) is 37.1 Å². The summed E-state index contributed by atoms with van der Waals surface area (Å²) in [6.07, 6.45) is 5.51. The zero-order valence-electron chi connectivity index (χ0n) is 17.6. The number of hydrogen-bond donors (Lipinski definition) is 2. The molecule has 1 amide bonds. The van der Waals surface area contributed by atoms with Crippen LogP contribution >= 0.6 is 11.3 Å². The highest BCUT2D eigenvalue weighted by Crippen LogP contribution is 2.38. The number of fused-ring (bicyclic) bond motifs is 2. The first-order valence-corrected chi connectivity index (χ1v) is 11.4. The second-order valence-electron chi connectivity index (χ2n) is 7.78. The van der Waals surface area contributed by atoms with Crippen molar-refractivity contribution in [1.82, 2.24) is 10.2 Å². The van der Waals surface area contributed by atoms with Crippen LogP contribution in [0.3, 0.4) is 0 Å². The number of likely N-dealkylation sites (N-methyl/N-ethyl adjacent to an activating group) is 1. The molecule has 5 heteroatoms. The summed E-state index contributed by atoms with van der Waals surface area (Å²) in [6.45, 7) is 11.2. The van der Waals surface area contributed by atoms with Gasteiger partial charge in [0, 0.05) is 23.7 Å². The molecule has 0 bridgehead atoms. The van der Waals surface area contributed by atoms with Gasteiger partial charge in [-0.1, -0.05) is 44.7 Å². The average Bonchev–Trinajstić information content (AvgIpc) is 3.38. The van der Waals surface area contributed by atoms with Crippen molar-refractivity contribution in [3.63, 3.8) is 0 Å². The largest absolute Gasteiger partial charge is 0.507 e. The van der Waals surface area contributed by atoms with Gasteiger partial charge in [0.2, 0.25) is 0 Å². The summed E-state index contributed by atoms with van der Waals surface area (Å²) in [5.74, 6) is 0.0640. The third-order valence-electron chi connectivity index (χ3n) is 6.15. The summed E-state index contributed by atoms with van der Waals surface area (Å²) in [5.41, 5.74) is 5.79. The van der Waals surface area contributed by atoms with Gasteiger partial charge in [0.05, 0.1) is 4.88 Å². The Morgan fingerprint density at radius 3 is 2.73 bits per heavy atom. The molecule has 30 heavy (non-hydrogen) atoms. The summed E-state index contributed by atoms with van der Waals surface area (Å²) in [7, 11) is 0. The molecule has 1 aromatic heterocycles. The fourth-order valence-corrected chi connectivity index (χ4v) is 5.41. The van der Waals surface area contributed by atoms with E-state index in [-0.39, 0.29) is 11.7 Å². The Kier molecular flexibility index (Phi) is 5.93. The third kappa shape index (κ3) is 3.75. The van der Waals surface area contributed by atoms with Gasteiger partial charge in [-0.25, -0.2) is 0 Å². The molecule has 2 aromatic rings. The Balaban J connectivity index is 1.75. The number of aliphatic hydroxyl groups is 1. The van der Waals surface area contributed by atoms with Gasteiger partial charge in [-0.15, -0.1) is 11.3 Å². The predicted octanol–water partition coefficient (Wildman–Crippen LogP) is 4.84. The minimum Gasteiger partial charge on any atom is -0.507 e. The number of nitrogens with one attached hydrogen (secondary N) is 1. The van der Waals surface area contributed by atoms with E-state index in [1.54, 1.807) is 12.2 Å². The van der Waals surface area contributed by atoms with E-state index in [0.29, 0.717) is 28.6 Å². The van der Waals surface area contributed by atoms with Crippen molar-refractivity contribution in [1.29, 1.82) is 0 Å². The molecular weight excluding hydrogens is 392 g/mol. The molecule has 1 aromatic carbocycles. The summed E-state index contributed by atoms with van der Waals surface area (Å²) < 4.78 is 0. The molecule has 1 unspecified atom stereocenters. The third-order valence-corrected chi connectivity index (χ3v) is 7.06. The molecule has 0 saturated carbocycles. The first kappa shape index (κ1) is 20.6. The molecule has 1 aliphatic heterocycles. The number of thiophene rings is 1. The topological polar surface area (TPSA) is 52.6 Å². The predicted molar refractivity (Wildman–Crippen MR) is 125 cm³/mol. The fraction of sp³-hybridized carbons (Fsp3) is 0.320. The van der Waals surface area contributed by atoms with Crippen LogP contribution in [-0.4, -0.2) is 41.6 Å². The summed E-state index contributed by atoms with van der Waals surface area (Å²) in [5, 5.41) is 15.7. The van der Waals surface area contributed by atoms with E-state index in [2.05, 4.69) is 48.8 Å². The minimum atomic E-state index is -0.109. The van der Waals surface area contributed by atoms with E-state index in [1.807, 2.05) is 11.4 Å². The SMILES string of the molecule is C=C1/C(c2ccc3c(c2)CC(N(CC)CC)C3)=C(O)\C=C/CNC(=O)c2sccc21. The molecular formula is C25H28N2O2S. The number of benzene rings is 1. The highest BCUT2D eigenvalue weighted by Gasteiger charge is 2.27. The number of aliphatic hydroxyl groups excluding tert-OH is 1. The van der Waals surface area contributed by atoms with Crippen LogP contribution in [-0.2, 0) is 12.8 Å². The number of rotatable bonds is 4. The Morgan fingerprint density at radius 1 is 1.20 bits per heavy atom. The zero-order valence-corrected chi connectivity index (χ0v) is 18.4. The quantitative estimate of drug-likeness (QED) is 0.744. The molecule has 1 aliphatic carbocycles. The van der Waals surface area contributed by atoms with Crippen molar-refractivity contribution in [3.8, 4) is 0 Å². The second kappa shape index (κ2) is 8.62. The smallest absolute Gasteiger partial charge is 0.262 e. The fourth-order valence-electron chi connectivity index (χ4n) is 4.57. The molecule has 0 fully saturated rings. The summed E-state index contributed by atoms with van der Waals surface area (Å²) >= 11 is 1.40. The zero-order chi connectivity index (χ0) is 21.3. The first-order valence-electron chi connectivity index (χ1n) is 10.5. The molecule has 2 aliphatic rings. The second-order valence-corrected chi connectivity index (χ2v) is 8.70. The maximum atomic E-state index is 12.5. The van der Waals surface area contributed by atoms with Crippen LogP contribution in [0, 0.1) is 0 Å². The Labute approximate surface area is 182 Å². The number of carbonyl (C=O) groups excluding carboxylic acids is 1. The molecule has 0 radical (unpaired) electrons. The van der Waals surface area contributed by atoms with Gasteiger partial charge in [0.25, 0.3) is 5.91 Å². The van der Waals surface area contributed by atoms with Crippen molar-refractivity contribution in [3.05, 3.63) is 81.3 Å². The number of allylic oxidation sites excluding steroid dienone is 3. The lowest BCUT2D eigenvalue weighted by Crippen LogP contribution is -2.35. The van der Waals surface area contributed by atoms with Crippen molar-refractivity contribution in [2.75, 3.05) is 19.6 Å². The van der Waals surface area contributed by atoms with E-state index < -0.39 is 0 Å². The maximum absolute atomic E-state index is 12.5. The highest BCUT2D eigenvalue weighted by atomic mass is 32.1. The van der Waals surface area contributed by atoms with Gasteiger partial charge in [-0.05, 0) is 65.7 Å². The van der Waals surface area contributed by atoms with Crippen molar-refractivity contribution in [2.45, 2.75) is 32.7 Å². The number of hydrogen-bond acceptors (Lipinski definition) is 4. The van der Waals surface area contributed by atoms with Crippen molar-refractivity contribution < 1.29 is 9.90 Å². The van der Waals surface area contributed by atoms with Crippen LogP contribution in [0.25, 0.3) is 11.1 Å². The van der Waals surface area contributed by atoms with Crippen LogP contribution in [0.1, 0.15) is 45.8 Å². The van der Waals surface area contributed by atoms with E-state index >= 15 is 0 Å². The van der Waals surface area contributed by atoms with Gasteiger partial charge < -0.3 is 15.3 Å². The molecule has 2 heterocycles. The van der Waals surface area contributed by atoms with Gasteiger partial charge in [0.1, 0.15) is 5.76 Å². The van der Waals surface area contributed by atoms with E-state index in [1.165, 1.54) is 22.5 Å². The van der Waals surface area contributed by atoms with Crippen LogP contribution < -0.4 is 5.32 Å². The van der Waals surface area contributed by atoms with Gasteiger partial charge in [-0.2, -0.15) is 0 Å². The lowest BCUT2D eigenvalue weighted by Gasteiger charge is -2.25. The molecule has 1 atom stereocenters. The first-order chi connectivity index (χ1) is 14.5. The van der Waals surface area contributed by atoms with Gasteiger partial charge >= 0.3 is 0 Å². The Hall–Kier alpha value is -2.63. The lowest BCUT2D eigenvalue weighted by atomic mass is 9.90. The monoisotopic (exact) mass is 420 g/mol. The van der Waals surface area contributed by atoms with Gasteiger partial charge in [-0.3, -0.25) is 4.79 Å². The van der Waals surface area contributed by atoms with E-state index in [9.17, 15) is 9.90 Å². The van der Waals surface area contributed by atoms with Crippen LogP contribution in [0.2, 0.25) is 0 Å². The molecule has 4 nitrogen and oxygen atoms in total. The highest BCUT2D eigenvalue weighted by molar-refractivity contribution is 7.12. The number of carbonyl (C=O) groups is 1. The summed E-state index contributed by atoms with van der Waals surface area (Å²) in [6, 6.07) is 8.90. The lowest BCUT2D eigenvalue weighted by molar-refractivity contribution is 0.0961. The molecule has 0 saturated heterocycles.